The van der Waals surface area contributed by atoms with E-state index in [1.165, 1.54) is 0 Å². The van der Waals surface area contributed by atoms with Crippen molar-refractivity contribution in [2.45, 2.75) is 13.5 Å². The summed E-state index contributed by atoms with van der Waals surface area (Å²) >= 11 is 5.32. The van der Waals surface area contributed by atoms with Crippen LogP contribution in [0.2, 0.25) is 0 Å². The number of hydrogen-bond acceptors (Lipinski definition) is 3. The van der Waals surface area contributed by atoms with Gasteiger partial charge in [0.2, 0.25) is 0 Å². The van der Waals surface area contributed by atoms with Gasteiger partial charge in [0.15, 0.2) is 10.6 Å². The van der Waals surface area contributed by atoms with Crippen LogP contribution in [0.1, 0.15) is 11.3 Å². The van der Waals surface area contributed by atoms with Crippen molar-refractivity contribution >= 4 is 12.2 Å². The molecule has 2 heterocycles. The Morgan fingerprint density at radius 1 is 1.15 bits per heavy atom. The Labute approximate surface area is 122 Å². The standard InChI is InChI=1S/C15H14N4S/c1-11-7-8-12(9-16-11)10-19-14(17-18-15(19)20)13-5-3-2-4-6-13/h2-9H,10H2,1H3,(H,18,20). The van der Waals surface area contributed by atoms with Crippen molar-refractivity contribution in [3.05, 3.63) is 64.7 Å². The van der Waals surface area contributed by atoms with Gasteiger partial charge in [0.1, 0.15) is 0 Å². The number of hydrogen-bond donors (Lipinski definition) is 1. The molecule has 2 aromatic heterocycles. The molecule has 0 fully saturated rings. The Morgan fingerprint density at radius 2 is 1.95 bits per heavy atom. The number of pyridine rings is 1. The average Bonchev–Trinajstić information content (AvgIpc) is 2.84. The van der Waals surface area contributed by atoms with E-state index >= 15 is 0 Å². The Balaban J connectivity index is 2.00. The lowest BCUT2D eigenvalue weighted by atomic mass is 10.2. The number of benzene rings is 1. The second kappa shape index (κ2) is 5.38. The monoisotopic (exact) mass is 282 g/mol. The lowest BCUT2D eigenvalue weighted by Gasteiger charge is -2.07. The summed E-state index contributed by atoms with van der Waals surface area (Å²) in [5, 5.41) is 7.19. The summed E-state index contributed by atoms with van der Waals surface area (Å²) in [6.45, 7) is 2.63. The molecule has 0 atom stereocenters. The number of rotatable bonds is 3. The Morgan fingerprint density at radius 3 is 2.65 bits per heavy atom. The molecule has 1 N–H and O–H groups in total. The molecule has 0 radical (unpaired) electrons. The van der Waals surface area contributed by atoms with E-state index in [9.17, 15) is 0 Å². The minimum absolute atomic E-state index is 0.615. The van der Waals surface area contributed by atoms with Crippen LogP contribution in [-0.2, 0) is 6.54 Å². The molecule has 100 valence electrons. The molecule has 5 heteroatoms. The van der Waals surface area contributed by atoms with Gasteiger partial charge in [0.25, 0.3) is 0 Å². The maximum atomic E-state index is 5.32. The fourth-order valence-corrected chi connectivity index (χ4v) is 2.24. The minimum Gasteiger partial charge on any atom is -0.296 e. The Hall–Kier alpha value is -2.27. The van der Waals surface area contributed by atoms with E-state index in [0.717, 1.165) is 22.6 Å². The Bertz CT molecular complexity index is 757. The first kappa shape index (κ1) is 12.7. The highest BCUT2D eigenvalue weighted by Gasteiger charge is 2.08. The van der Waals surface area contributed by atoms with Gasteiger partial charge < -0.3 is 0 Å². The van der Waals surface area contributed by atoms with Crippen molar-refractivity contribution in [1.82, 2.24) is 19.7 Å². The molecule has 0 saturated heterocycles. The third kappa shape index (κ3) is 2.53. The van der Waals surface area contributed by atoms with Crippen molar-refractivity contribution in [2.75, 3.05) is 0 Å². The van der Waals surface area contributed by atoms with Crippen molar-refractivity contribution in [1.29, 1.82) is 0 Å². The predicted molar refractivity (Wildman–Crippen MR) is 80.9 cm³/mol. The molecule has 3 rings (SSSR count). The number of aromatic amines is 1. The summed E-state index contributed by atoms with van der Waals surface area (Å²) in [7, 11) is 0. The van der Waals surface area contributed by atoms with Crippen molar-refractivity contribution < 1.29 is 0 Å². The number of nitrogens with zero attached hydrogens (tertiary/aromatic N) is 3. The van der Waals surface area contributed by atoms with Crippen LogP contribution in [0.25, 0.3) is 11.4 Å². The first-order valence-corrected chi connectivity index (χ1v) is 6.77. The Kier molecular flexibility index (Phi) is 3.43. The number of aryl methyl sites for hydroxylation is 1. The van der Waals surface area contributed by atoms with Crippen LogP contribution in [0.15, 0.2) is 48.7 Å². The van der Waals surface area contributed by atoms with Crippen molar-refractivity contribution in [2.24, 2.45) is 0 Å². The van der Waals surface area contributed by atoms with E-state index in [4.69, 9.17) is 12.2 Å². The van der Waals surface area contributed by atoms with Gasteiger partial charge in [-0.1, -0.05) is 36.4 Å². The van der Waals surface area contributed by atoms with Gasteiger partial charge in [0, 0.05) is 17.5 Å². The lowest BCUT2D eigenvalue weighted by Crippen LogP contribution is -2.03. The molecular weight excluding hydrogens is 268 g/mol. The molecule has 3 aromatic rings. The predicted octanol–water partition coefficient (Wildman–Crippen LogP) is 3.36. The molecule has 0 saturated carbocycles. The minimum atomic E-state index is 0.615. The smallest absolute Gasteiger partial charge is 0.195 e. The summed E-state index contributed by atoms with van der Waals surface area (Å²) in [5.41, 5.74) is 3.15. The van der Waals surface area contributed by atoms with Gasteiger partial charge >= 0.3 is 0 Å². The van der Waals surface area contributed by atoms with E-state index in [1.54, 1.807) is 0 Å². The van der Waals surface area contributed by atoms with Crippen LogP contribution in [0.3, 0.4) is 0 Å². The molecule has 0 amide bonds. The molecule has 0 aliphatic carbocycles. The summed E-state index contributed by atoms with van der Waals surface area (Å²) in [6.07, 6.45) is 1.87. The second-order valence-electron chi connectivity index (χ2n) is 4.61. The number of nitrogens with one attached hydrogen (secondary N) is 1. The SMILES string of the molecule is Cc1ccc(Cn2c(-c3ccccc3)n[nH]c2=S)cn1. The molecule has 4 nitrogen and oxygen atoms in total. The molecule has 0 bridgehead atoms. The lowest BCUT2D eigenvalue weighted by molar-refractivity contribution is 0.785. The maximum Gasteiger partial charge on any atom is 0.195 e. The first-order chi connectivity index (χ1) is 9.74. The third-order valence-corrected chi connectivity index (χ3v) is 3.42. The summed E-state index contributed by atoms with van der Waals surface area (Å²) in [5.74, 6) is 0.844. The summed E-state index contributed by atoms with van der Waals surface area (Å²) < 4.78 is 2.60. The second-order valence-corrected chi connectivity index (χ2v) is 5.00. The van der Waals surface area contributed by atoms with Gasteiger partial charge in [-0.05, 0) is 30.8 Å². The molecule has 0 spiro atoms. The maximum absolute atomic E-state index is 5.32. The van der Waals surface area contributed by atoms with Crippen LogP contribution in [0.4, 0.5) is 0 Å². The van der Waals surface area contributed by atoms with Crippen LogP contribution < -0.4 is 0 Å². The van der Waals surface area contributed by atoms with Gasteiger partial charge in [-0.25, -0.2) is 0 Å². The zero-order chi connectivity index (χ0) is 13.9. The van der Waals surface area contributed by atoms with E-state index < -0.39 is 0 Å². The van der Waals surface area contributed by atoms with E-state index in [-0.39, 0.29) is 0 Å². The number of H-pyrrole nitrogens is 1. The number of aromatic nitrogens is 4. The molecule has 0 aliphatic rings. The van der Waals surface area contributed by atoms with E-state index in [1.807, 2.05) is 54.1 Å². The highest BCUT2D eigenvalue weighted by atomic mass is 32.1. The summed E-state index contributed by atoms with van der Waals surface area (Å²) in [4.78, 5) is 4.31. The van der Waals surface area contributed by atoms with E-state index in [2.05, 4.69) is 21.2 Å². The molecule has 20 heavy (non-hydrogen) atoms. The molecule has 0 unspecified atom stereocenters. The first-order valence-electron chi connectivity index (χ1n) is 6.36. The zero-order valence-electron chi connectivity index (χ0n) is 11.1. The van der Waals surface area contributed by atoms with Crippen molar-refractivity contribution in [3.8, 4) is 11.4 Å². The van der Waals surface area contributed by atoms with Gasteiger partial charge in [-0.3, -0.25) is 14.6 Å². The van der Waals surface area contributed by atoms with Crippen LogP contribution in [0, 0.1) is 11.7 Å². The van der Waals surface area contributed by atoms with E-state index in [0.29, 0.717) is 11.3 Å². The van der Waals surface area contributed by atoms with Gasteiger partial charge in [-0.2, -0.15) is 5.10 Å². The van der Waals surface area contributed by atoms with Crippen LogP contribution >= 0.6 is 12.2 Å². The molecule has 1 aromatic carbocycles. The molecular formula is C15H14N4S. The highest BCUT2D eigenvalue weighted by Crippen LogP contribution is 2.17. The topological polar surface area (TPSA) is 46.5 Å². The normalized spacial score (nSPS) is 10.7. The van der Waals surface area contributed by atoms with Crippen LogP contribution in [0.5, 0.6) is 0 Å². The largest absolute Gasteiger partial charge is 0.296 e. The molecule has 0 aliphatic heterocycles. The fourth-order valence-electron chi connectivity index (χ4n) is 2.05. The fraction of sp³-hybridized carbons (Fsp3) is 0.133. The zero-order valence-corrected chi connectivity index (χ0v) is 11.9. The van der Waals surface area contributed by atoms with Gasteiger partial charge in [-0.15, -0.1) is 0 Å². The average molecular weight is 282 g/mol. The van der Waals surface area contributed by atoms with Crippen LogP contribution in [-0.4, -0.2) is 19.7 Å². The third-order valence-electron chi connectivity index (χ3n) is 3.10. The quantitative estimate of drug-likeness (QED) is 0.749. The summed E-state index contributed by atoms with van der Waals surface area (Å²) in [6, 6.07) is 14.1. The highest BCUT2D eigenvalue weighted by molar-refractivity contribution is 7.71. The van der Waals surface area contributed by atoms with Crippen molar-refractivity contribution in [3.63, 3.8) is 0 Å². The van der Waals surface area contributed by atoms with Gasteiger partial charge in [0.05, 0.1) is 6.54 Å².